The van der Waals surface area contributed by atoms with Gasteiger partial charge in [-0.05, 0) is 26.0 Å². The molecule has 1 aromatic rings. The Morgan fingerprint density at radius 2 is 2.00 bits per heavy atom. The van der Waals surface area contributed by atoms with Crippen molar-refractivity contribution in [3.63, 3.8) is 0 Å². The van der Waals surface area contributed by atoms with E-state index in [2.05, 4.69) is 5.09 Å². The highest BCUT2D eigenvalue weighted by molar-refractivity contribution is 7.49. The minimum absolute atomic E-state index is 0.337. The fourth-order valence-corrected chi connectivity index (χ4v) is 2.07. The molecule has 2 atom stereocenters. The van der Waals surface area contributed by atoms with E-state index in [9.17, 15) is 0 Å². The number of rotatable bonds is 5. The molecule has 0 bridgehead atoms. The number of aliphatic hydroxyl groups excluding tert-OH is 1. The Morgan fingerprint density at radius 3 is 2.53 bits per heavy atom. The molecular formula is C11H18NO2P. The number of benzene rings is 1. The molecule has 2 N–H and O–H groups in total. The lowest BCUT2D eigenvalue weighted by atomic mass is 10.2. The van der Waals surface area contributed by atoms with Crippen LogP contribution in [0.2, 0.25) is 0 Å². The van der Waals surface area contributed by atoms with Crippen LogP contribution in [-0.2, 0) is 0 Å². The van der Waals surface area contributed by atoms with Crippen LogP contribution in [-0.4, -0.2) is 24.4 Å². The minimum atomic E-state index is -0.709. The highest BCUT2D eigenvalue weighted by Crippen LogP contribution is 2.29. The summed E-state index contributed by atoms with van der Waals surface area (Å²) in [5.74, 6) is 0.868. The van der Waals surface area contributed by atoms with Crippen LogP contribution in [0.3, 0.4) is 0 Å². The van der Waals surface area contributed by atoms with Crippen molar-refractivity contribution in [1.29, 1.82) is 0 Å². The van der Waals surface area contributed by atoms with E-state index >= 15 is 0 Å². The van der Waals surface area contributed by atoms with Gasteiger partial charge < -0.3 is 9.63 Å². The van der Waals surface area contributed by atoms with Gasteiger partial charge in [-0.25, -0.2) is 0 Å². The van der Waals surface area contributed by atoms with Gasteiger partial charge >= 0.3 is 0 Å². The van der Waals surface area contributed by atoms with Crippen LogP contribution in [0.25, 0.3) is 0 Å². The van der Waals surface area contributed by atoms with E-state index in [0.29, 0.717) is 6.54 Å². The molecule has 0 radical (unpaired) electrons. The largest absolute Gasteiger partial charge is 0.459 e. The molecule has 0 saturated carbocycles. The second-order valence-corrected chi connectivity index (χ2v) is 5.11. The maximum atomic E-state index is 9.10. The highest BCUT2D eigenvalue weighted by Gasteiger charge is 2.04. The van der Waals surface area contributed by atoms with Gasteiger partial charge in [0, 0.05) is 13.2 Å². The molecule has 0 amide bonds. The Morgan fingerprint density at radius 1 is 1.40 bits per heavy atom. The summed E-state index contributed by atoms with van der Waals surface area (Å²) in [4.78, 5) is 0. The van der Waals surface area contributed by atoms with E-state index in [4.69, 9.17) is 9.63 Å². The van der Waals surface area contributed by atoms with Crippen molar-refractivity contribution in [2.24, 2.45) is 0 Å². The summed E-state index contributed by atoms with van der Waals surface area (Å²) < 4.78 is 5.66. The second kappa shape index (κ2) is 6.06. The van der Waals surface area contributed by atoms with Crippen LogP contribution in [0.1, 0.15) is 12.5 Å². The van der Waals surface area contributed by atoms with Crippen molar-refractivity contribution >= 4 is 8.30 Å². The number of hydrogen-bond donors (Lipinski definition) is 2. The minimum Gasteiger partial charge on any atom is -0.459 e. The molecule has 0 fully saturated rings. The third-order valence-corrected chi connectivity index (χ3v) is 2.99. The van der Waals surface area contributed by atoms with E-state index < -0.39 is 8.30 Å². The van der Waals surface area contributed by atoms with Crippen molar-refractivity contribution in [2.45, 2.75) is 20.0 Å². The SMILES string of the molecule is Cc1ccc(OP(C)NCC(C)O)cc1. The lowest BCUT2D eigenvalue weighted by molar-refractivity contribution is 0.198. The lowest BCUT2D eigenvalue weighted by Crippen LogP contribution is -2.21. The van der Waals surface area contributed by atoms with Gasteiger partial charge in [0.1, 0.15) is 5.75 Å². The summed E-state index contributed by atoms with van der Waals surface area (Å²) in [5, 5.41) is 12.2. The monoisotopic (exact) mass is 227 g/mol. The van der Waals surface area contributed by atoms with E-state index in [1.165, 1.54) is 5.56 Å². The highest BCUT2D eigenvalue weighted by atomic mass is 31.2. The molecule has 84 valence electrons. The summed E-state index contributed by atoms with van der Waals surface area (Å²) in [6.07, 6.45) is -0.337. The molecule has 2 unspecified atom stereocenters. The van der Waals surface area contributed by atoms with Crippen LogP contribution < -0.4 is 9.61 Å². The van der Waals surface area contributed by atoms with E-state index in [1.807, 2.05) is 37.9 Å². The van der Waals surface area contributed by atoms with Crippen molar-refractivity contribution in [3.05, 3.63) is 29.8 Å². The molecule has 15 heavy (non-hydrogen) atoms. The maximum absolute atomic E-state index is 9.10. The van der Waals surface area contributed by atoms with Crippen molar-refractivity contribution < 1.29 is 9.63 Å². The Kier molecular flexibility index (Phi) is 5.03. The molecule has 0 spiro atoms. The number of aryl methyl sites for hydroxylation is 1. The predicted octanol–water partition coefficient (Wildman–Crippen LogP) is 2.29. The van der Waals surface area contributed by atoms with Crippen molar-refractivity contribution in [2.75, 3.05) is 13.2 Å². The zero-order valence-electron chi connectivity index (χ0n) is 9.40. The van der Waals surface area contributed by atoms with E-state index in [0.717, 1.165) is 5.75 Å². The molecule has 3 nitrogen and oxygen atoms in total. The zero-order valence-corrected chi connectivity index (χ0v) is 10.3. The third kappa shape index (κ3) is 5.12. The Labute approximate surface area is 92.4 Å². The maximum Gasteiger partial charge on any atom is 0.157 e. The summed E-state index contributed by atoms with van der Waals surface area (Å²) in [6, 6.07) is 7.96. The Hall–Kier alpha value is -0.630. The first-order valence-electron chi connectivity index (χ1n) is 4.98. The first-order chi connectivity index (χ1) is 7.08. The first-order valence-corrected chi connectivity index (χ1v) is 6.68. The van der Waals surface area contributed by atoms with Crippen LogP contribution in [0.15, 0.2) is 24.3 Å². The topological polar surface area (TPSA) is 41.5 Å². The fraction of sp³-hybridized carbons (Fsp3) is 0.455. The average molecular weight is 227 g/mol. The molecule has 0 aromatic heterocycles. The van der Waals surface area contributed by atoms with Gasteiger partial charge in [0.15, 0.2) is 8.30 Å². The summed E-state index contributed by atoms with van der Waals surface area (Å²) >= 11 is 0. The molecule has 4 heteroatoms. The molecule has 1 rings (SSSR count). The molecule has 0 heterocycles. The number of hydrogen-bond acceptors (Lipinski definition) is 3. The normalized spacial score (nSPS) is 14.7. The van der Waals surface area contributed by atoms with Crippen molar-refractivity contribution in [1.82, 2.24) is 5.09 Å². The van der Waals surface area contributed by atoms with Crippen molar-refractivity contribution in [3.8, 4) is 5.75 Å². The molecule has 0 saturated heterocycles. The van der Waals surface area contributed by atoms with Gasteiger partial charge in [-0.1, -0.05) is 17.7 Å². The smallest absolute Gasteiger partial charge is 0.157 e. The van der Waals surface area contributed by atoms with Gasteiger partial charge in [-0.3, -0.25) is 5.09 Å². The van der Waals surface area contributed by atoms with Crippen LogP contribution in [0, 0.1) is 6.92 Å². The predicted molar refractivity (Wildman–Crippen MR) is 64.3 cm³/mol. The quantitative estimate of drug-likeness (QED) is 0.758. The number of nitrogens with one attached hydrogen (secondary N) is 1. The number of aliphatic hydroxyl groups is 1. The summed E-state index contributed by atoms with van der Waals surface area (Å²) in [7, 11) is -0.709. The van der Waals surface area contributed by atoms with E-state index in [1.54, 1.807) is 6.92 Å². The van der Waals surface area contributed by atoms with Gasteiger partial charge in [0.2, 0.25) is 0 Å². The summed E-state index contributed by atoms with van der Waals surface area (Å²) in [5.41, 5.74) is 1.22. The van der Waals surface area contributed by atoms with Crippen LogP contribution in [0.5, 0.6) is 5.75 Å². The van der Waals surface area contributed by atoms with Crippen LogP contribution >= 0.6 is 8.30 Å². The zero-order chi connectivity index (χ0) is 11.3. The molecule has 0 aliphatic heterocycles. The molecular weight excluding hydrogens is 209 g/mol. The van der Waals surface area contributed by atoms with Crippen LogP contribution in [0.4, 0.5) is 0 Å². The van der Waals surface area contributed by atoms with Gasteiger partial charge in [-0.15, -0.1) is 0 Å². The third-order valence-electron chi connectivity index (χ3n) is 1.87. The van der Waals surface area contributed by atoms with Gasteiger partial charge in [-0.2, -0.15) is 0 Å². The lowest BCUT2D eigenvalue weighted by Gasteiger charge is -2.16. The second-order valence-electron chi connectivity index (χ2n) is 3.61. The fourth-order valence-electron chi connectivity index (χ4n) is 1.05. The molecule has 0 aliphatic rings. The average Bonchev–Trinajstić information content (AvgIpc) is 2.19. The standard InChI is InChI=1S/C11H18NO2P/c1-9-4-6-11(7-5-9)14-15(3)12-8-10(2)13/h4-7,10,12-13H,8H2,1-3H3. The first kappa shape index (κ1) is 12.4. The molecule has 1 aromatic carbocycles. The van der Waals surface area contributed by atoms with Gasteiger partial charge in [0.25, 0.3) is 0 Å². The Balaban J connectivity index is 2.37. The molecule has 0 aliphatic carbocycles. The van der Waals surface area contributed by atoms with E-state index in [-0.39, 0.29) is 6.10 Å². The summed E-state index contributed by atoms with van der Waals surface area (Å²) in [6.45, 7) is 6.35. The Bertz CT molecular complexity index is 287. The van der Waals surface area contributed by atoms with Gasteiger partial charge in [0.05, 0.1) is 6.10 Å².